The van der Waals surface area contributed by atoms with Crippen LogP contribution in [0.5, 0.6) is 0 Å². The number of hydrogen-bond acceptors (Lipinski definition) is 7. The molecule has 0 fully saturated rings. The van der Waals surface area contributed by atoms with E-state index in [2.05, 4.69) is 30.1 Å². The van der Waals surface area contributed by atoms with Gasteiger partial charge < -0.3 is 5.73 Å². The predicted molar refractivity (Wildman–Crippen MR) is 65.4 cm³/mol. The second kappa shape index (κ2) is 4.66. The third kappa shape index (κ3) is 2.19. The Kier molecular flexibility index (Phi) is 2.84. The molecule has 100 valence electrons. The van der Waals surface area contributed by atoms with Crippen LogP contribution < -0.4 is 5.73 Å². The first-order valence-electron chi connectivity index (χ1n) is 5.25. The standard InChI is InChI=1S/C9H6ClN9O/c10-7-15-8(18-2-5(1-13-18)6(11)20)17-9(16-7)19-4-12-3-14-19/h1-4H,(H2,11,20). The maximum absolute atomic E-state index is 11.0. The summed E-state index contributed by atoms with van der Waals surface area (Å²) in [6.45, 7) is 0. The molecule has 0 saturated carbocycles. The fourth-order valence-electron chi connectivity index (χ4n) is 1.41. The number of rotatable bonds is 3. The second-order valence-corrected chi connectivity index (χ2v) is 3.92. The van der Waals surface area contributed by atoms with E-state index >= 15 is 0 Å². The molecule has 11 heteroatoms. The van der Waals surface area contributed by atoms with Gasteiger partial charge in [0.2, 0.25) is 5.28 Å². The summed E-state index contributed by atoms with van der Waals surface area (Å²) in [7, 11) is 0. The third-order valence-electron chi connectivity index (χ3n) is 2.28. The van der Waals surface area contributed by atoms with Gasteiger partial charge in [-0.3, -0.25) is 4.79 Å². The first-order valence-corrected chi connectivity index (χ1v) is 5.63. The zero-order chi connectivity index (χ0) is 14.1. The van der Waals surface area contributed by atoms with E-state index < -0.39 is 5.91 Å². The van der Waals surface area contributed by atoms with Gasteiger partial charge in [-0.15, -0.1) is 0 Å². The maximum Gasteiger partial charge on any atom is 0.258 e. The van der Waals surface area contributed by atoms with E-state index in [1.807, 2.05) is 0 Å². The summed E-state index contributed by atoms with van der Waals surface area (Å²) in [6, 6.07) is 0. The number of hydrogen-bond donors (Lipinski definition) is 1. The van der Waals surface area contributed by atoms with Crippen LogP contribution in [-0.4, -0.2) is 45.4 Å². The van der Waals surface area contributed by atoms with E-state index in [4.69, 9.17) is 17.3 Å². The fourth-order valence-corrected chi connectivity index (χ4v) is 1.56. The van der Waals surface area contributed by atoms with Crippen molar-refractivity contribution in [3.8, 4) is 11.9 Å². The molecule has 0 bridgehead atoms. The molecule has 3 rings (SSSR count). The first-order chi connectivity index (χ1) is 9.63. The topological polar surface area (TPSA) is 130 Å². The van der Waals surface area contributed by atoms with Crippen molar-refractivity contribution in [3.63, 3.8) is 0 Å². The van der Waals surface area contributed by atoms with E-state index in [9.17, 15) is 4.79 Å². The molecule has 3 aromatic heterocycles. The number of nitrogens with two attached hydrogens (primary N) is 1. The van der Waals surface area contributed by atoms with Crippen molar-refractivity contribution >= 4 is 17.5 Å². The maximum atomic E-state index is 11.0. The molecule has 0 spiro atoms. The van der Waals surface area contributed by atoms with Crippen LogP contribution in [0.4, 0.5) is 0 Å². The van der Waals surface area contributed by atoms with E-state index in [-0.39, 0.29) is 22.7 Å². The predicted octanol–water partition coefficient (Wildman–Crippen LogP) is -0.610. The normalized spacial score (nSPS) is 10.7. The van der Waals surface area contributed by atoms with Crippen LogP contribution in [0.1, 0.15) is 10.4 Å². The number of carbonyl (C=O) groups excluding carboxylic acids is 1. The molecule has 0 atom stereocenters. The summed E-state index contributed by atoms with van der Waals surface area (Å²) in [5, 5.41) is 7.77. The van der Waals surface area contributed by atoms with Gasteiger partial charge in [0.15, 0.2) is 0 Å². The minimum atomic E-state index is -0.604. The van der Waals surface area contributed by atoms with Crippen molar-refractivity contribution in [2.24, 2.45) is 5.73 Å². The van der Waals surface area contributed by atoms with Crippen molar-refractivity contribution < 1.29 is 4.79 Å². The van der Waals surface area contributed by atoms with Crippen LogP contribution in [0.25, 0.3) is 11.9 Å². The van der Waals surface area contributed by atoms with Crippen molar-refractivity contribution in [2.45, 2.75) is 0 Å². The Hall–Kier alpha value is -2.88. The van der Waals surface area contributed by atoms with Gasteiger partial charge in [-0.1, -0.05) is 0 Å². The number of amides is 1. The average molecular weight is 292 g/mol. The lowest BCUT2D eigenvalue weighted by Crippen LogP contribution is -2.11. The lowest BCUT2D eigenvalue weighted by molar-refractivity contribution is 0.100. The van der Waals surface area contributed by atoms with Crippen LogP contribution in [0.2, 0.25) is 5.28 Å². The molecule has 0 aliphatic carbocycles. The molecule has 0 aliphatic heterocycles. The van der Waals surface area contributed by atoms with Crippen LogP contribution in [0, 0.1) is 0 Å². The Morgan fingerprint density at radius 2 is 1.90 bits per heavy atom. The Morgan fingerprint density at radius 3 is 2.50 bits per heavy atom. The smallest absolute Gasteiger partial charge is 0.258 e. The van der Waals surface area contributed by atoms with E-state index in [1.54, 1.807) is 0 Å². The number of primary amides is 1. The van der Waals surface area contributed by atoms with Crippen molar-refractivity contribution in [2.75, 3.05) is 0 Å². The lowest BCUT2D eigenvalue weighted by atomic mass is 10.4. The van der Waals surface area contributed by atoms with Crippen molar-refractivity contribution in [1.82, 2.24) is 39.5 Å². The molecule has 0 saturated heterocycles. The SMILES string of the molecule is NC(=O)c1cnn(-c2nc(Cl)nc(-n3cncn3)n2)c1. The van der Waals surface area contributed by atoms with Crippen molar-refractivity contribution in [3.05, 3.63) is 35.9 Å². The monoisotopic (exact) mass is 291 g/mol. The number of aromatic nitrogens is 8. The molecule has 0 unspecified atom stereocenters. The highest BCUT2D eigenvalue weighted by atomic mass is 35.5. The first kappa shape index (κ1) is 12.2. The summed E-state index contributed by atoms with van der Waals surface area (Å²) >= 11 is 5.83. The number of nitrogens with zero attached hydrogens (tertiary/aromatic N) is 8. The minimum absolute atomic E-state index is 0.0448. The van der Waals surface area contributed by atoms with Gasteiger partial charge in [0, 0.05) is 6.20 Å². The number of halogens is 1. The van der Waals surface area contributed by atoms with Gasteiger partial charge in [0.05, 0.1) is 11.8 Å². The zero-order valence-electron chi connectivity index (χ0n) is 9.75. The second-order valence-electron chi connectivity index (χ2n) is 3.58. The van der Waals surface area contributed by atoms with Gasteiger partial charge in [0.1, 0.15) is 12.7 Å². The molecular formula is C9H6ClN9O. The van der Waals surface area contributed by atoms with E-state index in [0.717, 1.165) is 0 Å². The fraction of sp³-hybridized carbons (Fsp3) is 0. The summed E-state index contributed by atoms with van der Waals surface area (Å²) < 4.78 is 2.57. The van der Waals surface area contributed by atoms with Crippen molar-refractivity contribution in [1.29, 1.82) is 0 Å². The quantitative estimate of drug-likeness (QED) is 0.681. The molecule has 2 N–H and O–H groups in total. The highest BCUT2D eigenvalue weighted by molar-refractivity contribution is 6.28. The van der Waals surface area contributed by atoms with Gasteiger partial charge >= 0.3 is 0 Å². The number of carbonyl (C=O) groups is 1. The third-order valence-corrected chi connectivity index (χ3v) is 2.45. The Balaban J connectivity index is 2.07. The largest absolute Gasteiger partial charge is 0.366 e. The molecule has 1 amide bonds. The van der Waals surface area contributed by atoms with Gasteiger partial charge in [-0.25, -0.2) is 9.67 Å². The van der Waals surface area contributed by atoms with Crippen LogP contribution in [0.15, 0.2) is 25.0 Å². The van der Waals surface area contributed by atoms with Crippen LogP contribution in [0.3, 0.4) is 0 Å². The Labute approximate surface area is 116 Å². The minimum Gasteiger partial charge on any atom is -0.366 e. The van der Waals surface area contributed by atoms with Crippen LogP contribution in [-0.2, 0) is 0 Å². The highest BCUT2D eigenvalue weighted by Gasteiger charge is 2.11. The molecule has 3 aromatic rings. The van der Waals surface area contributed by atoms with Gasteiger partial charge in [0.25, 0.3) is 17.8 Å². The average Bonchev–Trinajstić information content (AvgIpc) is 3.10. The lowest BCUT2D eigenvalue weighted by Gasteiger charge is -2.02. The molecular weight excluding hydrogens is 286 g/mol. The highest BCUT2D eigenvalue weighted by Crippen LogP contribution is 2.09. The molecule has 3 heterocycles. The van der Waals surface area contributed by atoms with E-state index in [1.165, 1.54) is 34.4 Å². The van der Waals surface area contributed by atoms with Gasteiger partial charge in [-0.05, 0) is 11.6 Å². The summed E-state index contributed by atoms with van der Waals surface area (Å²) in [4.78, 5) is 26.8. The Morgan fingerprint density at radius 1 is 1.15 bits per heavy atom. The Bertz CT molecular complexity index is 766. The molecule has 0 aliphatic rings. The summed E-state index contributed by atoms with van der Waals surface area (Å²) in [5.41, 5.74) is 5.37. The summed E-state index contributed by atoms with van der Waals surface area (Å²) in [5.74, 6) is -0.301. The van der Waals surface area contributed by atoms with E-state index in [0.29, 0.717) is 0 Å². The molecule has 20 heavy (non-hydrogen) atoms. The molecule has 0 aromatic carbocycles. The van der Waals surface area contributed by atoms with Crippen LogP contribution >= 0.6 is 11.6 Å². The van der Waals surface area contributed by atoms with Gasteiger partial charge in [-0.2, -0.15) is 29.8 Å². The summed E-state index contributed by atoms with van der Waals surface area (Å²) in [6.07, 6.45) is 5.43. The molecule has 10 nitrogen and oxygen atoms in total. The molecule has 0 radical (unpaired) electrons. The zero-order valence-corrected chi connectivity index (χ0v) is 10.5.